The number of aromatic nitrogens is 9. The zero-order valence-electron chi connectivity index (χ0n) is 71.8. The molecule has 0 atom stereocenters. The van der Waals surface area contributed by atoms with Crippen LogP contribution in [0.4, 0.5) is 0 Å². The minimum absolute atomic E-state index is 0.670. The van der Waals surface area contributed by atoms with Gasteiger partial charge in [0.1, 0.15) is 78.3 Å². The Morgan fingerprint density at radius 3 is 0.933 bits per heavy atom. The molecule has 0 saturated heterocycles. The van der Waals surface area contributed by atoms with Gasteiger partial charge in [-0.15, -0.1) is 0 Å². The third-order valence-corrected chi connectivity index (χ3v) is 26.4. The Bertz CT molecular complexity index is 10100. The molecule has 0 bridgehead atoms. The summed E-state index contributed by atoms with van der Waals surface area (Å²) < 4.78 is 46.1. The lowest BCUT2D eigenvalue weighted by molar-refractivity contribution is 0.666. The highest BCUT2D eigenvalue weighted by Gasteiger charge is 2.28. The third kappa shape index (κ3) is 11.9. The van der Waals surface area contributed by atoms with E-state index in [-0.39, 0.29) is 0 Å². The highest BCUT2D eigenvalue weighted by Crippen LogP contribution is 2.48. The first-order chi connectivity index (χ1) is 66.9. The smallest absolute Gasteiger partial charge is 0.180 e. The quantitative estimate of drug-likeness (QED) is 0.134. The molecule has 0 spiro atoms. The van der Waals surface area contributed by atoms with Gasteiger partial charge in [0.2, 0.25) is 0 Å². The lowest BCUT2D eigenvalue weighted by Crippen LogP contribution is -1.94. The molecular formula is C120H69N9O6. The summed E-state index contributed by atoms with van der Waals surface area (Å²) in [6, 6.07) is 143. The maximum atomic E-state index is 6.68. The van der Waals surface area contributed by atoms with Gasteiger partial charge in [-0.3, -0.25) is 0 Å². The molecule has 0 aliphatic heterocycles. The molecule has 12 aromatic heterocycles. The van der Waals surface area contributed by atoms with E-state index in [0.717, 1.165) is 221 Å². The van der Waals surface area contributed by atoms with Crippen molar-refractivity contribution in [1.29, 1.82) is 0 Å². The summed E-state index contributed by atoms with van der Waals surface area (Å²) in [5.74, 6) is 2.01. The monoisotopic (exact) mass is 1730 g/mol. The Morgan fingerprint density at radius 2 is 0.474 bits per heavy atom. The van der Waals surface area contributed by atoms with E-state index in [2.05, 4.69) is 250 Å². The van der Waals surface area contributed by atoms with Gasteiger partial charge in [0.25, 0.3) is 0 Å². The third-order valence-electron chi connectivity index (χ3n) is 26.4. The second-order valence-corrected chi connectivity index (χ2v) is 34.2. The maximum absolute atomic E-state index is 6.68. The molecule has 0 amide bonds. The summed E-state index contributed by atoms with van der Waals surface area (Å²) in [5.41, 5.74) is 29.7. The van der Waals surface area contributed by atoms with Crippen molar-refractivity contribution in [2.75, 3.05) is 0 Å². The number of hydrogen-bond donors (Lipinski definition) is 0. The van der Waals surface area contributed by atoms with Crippen molar-refractivity contribution in [2.24, 2.45) is 0 Å². The number of hydrogen-bond acceptors (Lipinski definition) is 12. The first-order valence-corrected chi connectivity index (χ1v) is 45.0. The average molecular weight is 1730 g/mol. The van der Waals surface area contributed by atoms with Gasteiger partial charge in [-0.25, -0.2) is 29.9 Å². The second-order valence-electron chi connectivity index (χ2n) is 34.2. The molecule has 30 aromatic rings. The van der Waals surface area contributed by atoms with Gasteiger partial charge < -0.3 is 40.2 Å². The van der Waals surface area contributed by atoms with Gasteiger partial charge in [-0.1, -0.05) is 297 Å². The molecule has 135 heavy (non-hydrogen) atoms. The maximum Gasteiger partial charge on any atom is 0.180 e. The molecular weight excluding hydrogens is 1660 g/mol. The Kier molecular flexibility index (Phi) is 16.7. The van der Waals surface area contributed by atoms with E-state index in [9.17, 15) is 0 Å². The fourth-order valence-corrected chi connectivity index (χ4v) is 20.3. The van der Waals surface area contributed by atoms with E-state index in [0.29, 0.717) is 34.2 Å². The van der Waals surface area contributed by atoms with Crippen LogP contribution >= 0.6 is 0 Å². The van der Waals surface area contributed by atoms with Crippen molar-refractivity contribution in [3.05, 3.63) is 419 Å². The summed E-state index contributed by atoms with van der Waals surface area (Å²) in [4.78, 5) is 30.2. The van der Waals surface area contributed by atoms with Crippen LogP contribution in [0.2, 0.25) is 0 Å². The van der Waals surface area contributed by atoms with Crippen molar-refractivity contribution < 1.29 is 26.5 Å². The minimum Gasteiger partial charge on any atom is -0.456 e. The van der Waals surface area contributed by atoms with Gasteiger partial charge in [0.05, 0.1) is 44.2 Å². The van der Waals surface area contributed by atoms with Gasteiger partial charge in [0.15, 0.2) is 39.8 Å². The van der Waals surface area contributed by atoms with Crippen LogP contribution in [-0.2, 0) is 0 Å². The molecule has 0 saturated carbocycles. The fourth-order valence-electron chi connectivity index (χ4n) is 20.3. The predicted molar refractivity (Wildman–Crippen MR) is 545 cm³/mol. The standard InChI is InChI=1S/3C40H23N3O2/c1-3-11-24(12-4-1)37-39-38(42-40(41-37)25-13-5-2-6-14-25)29-20-19-26(21-35(29)45-39)43-32-17-9-7-15-27(32)30-22-31-28-16-8-10-18-34(28)44-36(31)23-33(30)43;1-3-11-24(12-4-1)36-39-37(42-40(41-36)25-13-5-2-6-14-25)30-20-19-26(23-34(30)45-39)43-31-17-9-7-15-27(31)28-21-22-33-35(38(28)43)29-16-8-10-18-32(29)44-33;1-3-11-24(12-4-1)35-39-36(42-40(41-35)25-13-5-2-6-14-25)31-20-19-26(23-34(31)45-39)43-32-17-9-7-15-27(32)29-21-22-30-28-16-8-10-18-33(28)44-38(30)37(29)43/h3*1-23H. The molecule has 630 valence electrons. The van der Waals surface area contributed by atoms with E-state index >= 15 is 0 Å². The normalized spacial score (nSPS) is 12.0. The van der Waals surface area contributed by atoms with Crippen LogP contribution in [-0.4, -0.2) is 43.6 Å². The van der Waals surface area contributed by atoms with Crippen LogP contribution in [0.3, 0.4) is 0 Å². The van der Waals surface area contributed by atoms with Crippen LogP contribution in [0.5, 0.6) is 0 Å². The van der Waals surface area contributed by atoms with E-state index in [1.165, 1.54) is 26.9 Å². The Labute approximate surface area is 766 Å². The lowest BCUT2D eigenvalue weighted by atomic mass is 10.1. The Hall–Kier alpha value is -18.6. The van der Waals surface area contributed by atoms with Crippen molar-refractivity contribution in [1.82, 2.24) is 43.6 Å². The molecule has 18 aromatic carbocycles. The molecule has 0 aliphatic rings. The number of furan rings is 6. The van der Waals surface area contributed by atoms with Crippen molar-refractivity contribution in [3.8, 4) is 85.0 Å². The van der Waals surface area contributed by atoms with E-state index in [1.54, 1.807) is 0 Å². The van der Waals surface area contributed by atoms with E-state index in [4.69, 9.17) is 56.4 Å². The molecule has 0 fully saturated rings. The Balaban J connectivity index is 0.000000101. The molecule has 30 rings (SSSR count). The number of para-hydroxylation sites is 6. The molecule has 12 heterocycles. The van der Waals surface area contributed by atoms with Crippen LogP contribution < -0.4 is 0 Å². The summed E-state index contributed by atoms with van der Waals surface area (Å²) in [6.07, 6.45) is 0. The topological polar surface area (TPSA) is 171 Å². The van der Waals surface area contributed by atoms with Gasteiger partial charge in [-0.05, 0) is 97.1 Å². The van der Waals surface area contributed by atoms with Crippen LogP contribution in [0, 0.1) is 0 Å². The number of fused-ring (bicyclic) bond motifs is 29. The van der Waals surface area contributed by atoms with Crippen molar-refractivity contribution in [2.45, 2.75) is 0 Å². The first-order valence-electron chi connectivity index (χ1n) is 45.0. The van der Waals surface area contributed by atoms with Crippen molar-refractivity contribution >= 4 is 197 Å². The predicted octanol–water partition coefficient (Wildman–Crippen LogP) is 32.1. The van der Waals surface area contributed by atoms with E-state index in [1.807, 2.05) is 182 Å². The molecule has 0 aliphatic carbocycles. The average Bonchev–Trinajstić information content (AvgIpc) is 1.56. The first kappa shape index (κ1) is 75.4. The fraction of sp³-hybridized carbons (Fsp3) is 0. The molecule has 15 nitrogen and oxygen atoms in total. The molecule has 15 heteroatoms. The van der Waals surface area contributed by atoms with Crippen molar-refractivity contribution in [3.63, 3.8) is 0 Å². The zero-order chi connectivity index (χ0) is 88.5. The SMILES string of the molecule is c1ccc(-c2nc(-c3ccccc3)c3oc4cc(-n5c6ccccc6c6cc7c(cc65)oc5ccccc57)ccc4c3n2)cc1.c1ccc(-c2nc(-c3ccccc3)c3oc4cc(-n5c6ccccc6c6ccc7c8ccccc8oc7c65)ccc4c3n2)cc1.c1ccc(-c2nc(-c3ccccc3)c3oc4cc(-n5c6ccccc6c6ccc7oc8ccccc8c7c65)ccc4c3n2)cc1. The number of nitrogens with zero attached hydrogens (tertiary/aromatic N) is 9. The summed E-state index contributed by atoms with van der Waals surface area (Å²) in [6.45, 7) is 0. The van der Waals surface area contributed by atoms with E-state index < -0.39 is 0 Å². The van der Waals surface area contributed by atoms with Crippen LogP contribution in [0.1, 0.15) is 0 Å². The Morgan fingerprint density at radius 1 is 0.163 bits per heavy atom. The highest BCUT2D eigenvalue weighted by atomic mass is 16.4. The largest absolute Gasteiger partial charge is 0.456 e. The second kappa shape index (κ2) is 30.0. The number of benzene rings is 18. The molecule has 0 N–H and O–H groups in total. The van der Waals surface area contributed by atoms with Crippen LogP contribution in [0.25, 0.3) is 282 Å². The lowest BCUT2D eigenvalue weighted by Gasteiger charge is -2.08. The molecule has 0 radical (unpaired) electrons. The van der Waals surface area contributed by atoms with Gasteiger partial charge in [-0.2, -0.15) is 0 Å². The van der Waals surface area contributed by atoms with Gasteiger partial charge in [0, 0.05) is 144 Å². The molecule has 0 unspecified atom stereocenters. The summed E-state index contributed by atoms with van der Waals surface area (Å²) in [5, 5.41) is 16.6. The highest BCUT2D eigenvalue weighted by molar-refractivity contribution is 6.26. The van der Waals surface area contributed by atoms with Gasteiger partial charge >= 0.3 is 0 Å². The number of rotatable bonds is 9. The van der Waals surface area contributed by atoms with Crippen LogP contribution in [0.15, 0.2) is 445 Å². The summed E-state index contributed by atoms with van der Waals surface area (Å²) in [7, 11) is 0. The minimum atomic E-state index is 0.670. The zero-order valence-corrected chi connectivity index (χ0v) is 71.8. The summed E-state index contributed by atoms with van der Waals surface area (Å²) >= 11 is 0.